The summed E-state index contributed by atoms with van der Waals surface area (Å²) < 4.78 is 10.3. The molecule has 3 heteroatoms. The Morgan fingerprint density at radius 3 is 1.91 bits per heavy atom. The highest BCUT2D eigenvalue weighted by Crippen LogP contribution is 2.29. The molecule has 0 amide bonds. The fourth-order valence-electron chi connectivity index (χ4n) is 1.94. The van der Waals surface area contributed by atoms with Crippen LogP contribution in [0.5, 0.6) is 0 Å². The minimum atomic E-state index is 0.276. The molecule has 0 atom stereocenters. The van der Waals surface area contributed by atoms with Gasteiger partial charge in [0, 0.05) is 32.7 Å². The van der Waals surface area contributed by atoms with Crippen LogP contribution in [-0.4, -0.2) is 52.5 Å². The maximum atomic E-state index is 5.14. The predicted octanol–water partition coefficient (Wildman–Crippen LogP) is 0.211. The zero-order valence-electron chi connectivity index (χ0n) is 7.59. The average Bonchev–Trinajstić information content (AvgIpc) is 1.86. The van der Waals surface area contributed by atoms with Crippen molar-refractivity contribution < 1.29 is 9.47 Å². The normalized spacial score (nSPS) is 23.2. The van der Waals surface area contributed by atoms with Gasteiger partial charge in [-0.05, 0) is 7.05 Å². The van der Waals surface area contributed by atoms with Gasteiger partial charge < -0.3 is 14.4 Å². The highest BCUT2D eigenvalue weighted by atomic mass is 16.5. The van der Waals surface area contributed by atoms with E-state index in [0.29, 0.717) is 0 Å². The van der Waals surface area contributed by atoms with Crippen LogP contribution in [0.25, 0.3) is 0 Å². The van der Waals surface area contributed by atoms with Crippen LogP contribution in [0.2, 0.25) is 0 Å². The van der Waals surface area contributed by atoms with E-state index in [1.165, 1.54) is 0 Å². The Labute approximate surface area is 68.3 Å². The second kappa shape index (κ2) is 3.52. The van der Waals surface area contributed by atoms with Crippen molar-refractivity contribution in [2.45, 2.75) is 0 Å². The van der Waals surface area contributed by atoms with Gasteiger partial charge in [0.15, 0.2) is 0 Å². The van der Waals surface area contributed by atoms with Crippen molar-refractivity contribution in [3.8, 4) is 0 Å². The van der Waals surface area contributed by atoms with Crippen LogP contribution >= 0.6 is 0 Å². The van der Waals surface area contributed by atoms with Gasteiger partial charge in [-0.2, -0.15) is 0 Å². The summed E-state index contributed by atoms with van der Waals surface area (Å²) in [6, 6.07) is 0. The minimum Gasteiger partial charge on any atom is -0.384 e. The molecule has 1 fully saturated rings. The number of rotatable bonds is 4. The molecule has 1 heterocycles. The van der Waals surface area contributed by atoms with Gasteiger partial charge in [0.1, 0.15) is 0 Å². The third kappa shape index (κ3) is 1.92. The number of nitrogens with zero attached hydrogens (tertiary/aromatic N) is 1. The Balaban J connectivity index is 2.33. The smallest absolute Gasteiger partial charge is 0.0565 e. The second-order valence-electron chi connectivity index (χ2n) is 3.54. The summed E-state index contributed by atoms with van der Waals surface area (Å²) in [4.78, 5) is 2.28. The second-order valence-corrected chi connectivity index (χ2v) is 3.54. The van der Waals surface area contributed by atoms with Gasteiger partial charge in [0.2, 0.25) is 0 Å². The lowest BCUT2D eigenvalue weighted by atomic mass is 9.82. The quantitative estimate of drug-likeness (QED) is 0.585. The van der Waals surface area contributed by atoms with Crippen molar-refractivity contribution in [2.75, 3.05) is 47.6 Å². The Hall–Kier alpha value is -0.120. The average molecular weight is 159 g/mol. The minimum absolute atomic E-state index is 0.276. The standard InChI is InChI=1S/C8H17NO2/c1-9-4-8(5-9,6-10-2)7-11-3/h4-7H2,1-3H3. The van der Waals surface area contributed by atoms with Crippen molar-refractivity contribution >= 4 is 0 Å². The molecule has 0 radical (unpaired) electrons. The summed E-state index contributed by atoms with van der Waals surface area (Å²) >= 11 is 0. The van der Waals surface area contributed by atoms with Crippen LogP contribution in [0.4, 0.5) is 0 Å². The summed E-state index contributed by atoms with van der Waals surface area (Å²) in [5.41, 5.74) is 0.276. The molecule has 0 aliphatic carbocycles. The molecule has 1 aliphatic rings. The van der Waals surface area contributed by atoms with Crippen molar-refractivity contribution in [1.29, 1.82) is 0 Å². The number of methoxy groups -OCH3 is 2. The Bertz CT molecular complexity index is 106. The monoisotopic (exact) mass is 159 g/mol. The topological polar surface area (TPSA) is 21.7 Å². The highest BCUT2D eigenvalue weighted by molar-refractivity contribution is 4.93. The molecule has 1 saturated heterocycles. The molecule has 0 aromatic rings. The van der Waals surface area contributed by atoms with Crippen molar-refractivity contribution in [3.63, 3.8) is 0 Å². The van der Waals surface area contributed by atoms with E-state index in [1.54, 1.807) is 14.2 Å². The van der Waals surface area contributed by atoms with Crippen molar-refractivity contribution in [1.82, 2.24) is 4.90 Å². The van der Waals surface area contributed by atoms with E-state index in [-0.39, 0.29) is 5.41 Å². The largest absolute Gasteiger partial charge is 0.384 e. The van der Waals surface area contributed by atoms with E-state index in [9.17, 15) is 0 Å². The number of hydrogen-bond donors (Lipinski definition) is 0. The van der Waals surface area contributed by atoms with Crippen LogP contribution in [0.15, 0.2) is 0 Å². The zero-order valence-corrected chi connectivity index (χ0v) is 7.59. The number of ether oxygens (including phenoxy) is 2. The number of hydrogen-bond acceptors (Lipinski definition) is 3. The van der Waals surface area contributed by atoms with Gasteiger partial charge in [-0.1, -0.05) is 0 Å². The third-order valence-corrected chi connectivity index (χ3v) is 2.11. The van der Waals surface area contributed by atoms with E-state index in [1.807, 2.05) is 0 Å². The first-order chi connectivity index (χ1) is 5.22. The molecule has 0 N–H and O–H groups in total. The van der Waals surface area contributed by atoms with Crippen LogP contribution in [0, 0.1) is 5.41 Å². The van der Waals surface area contributed by atoms with E-state index in [2.05, 4.69) is 11.9 Å². The Kier molecular flexibility index (Phi) is 2.87. The molecule has 0 aromatic carbocycles. The summed E-state index contributed by atoms with van der Waals surface area (Å²) in [6.45, 7) is 3.81. The van der Waals surface area contributed by atoms with E-state index >= 15 is 0 Å². The molecule has 0 unspecified atom stereocenters. The van der Waals surface area contributed by atoms with E-state index in [0.717, 1.165) is 26.3 Å². The van der Waals surface area contributed by atoms with Crippen LogP contribution < -0.4 is 0 Å². The number of likely N-dealkylation sites (tertiary alicyclic amines) is 1. The van der Waals surface area contributed by atoms with Gasteiger partial charge in [0.25, 0.3) is 0 Å². The van der Waals surface area contributed by atoms with Gasteiger partial charge in [-0.15, -0.1) is 0 Å². The molecule has 1 aliphatic heterocycles. The summed E-state index contributed by atoms with van der Waals surface area (Å²) in [7, 11) is 5.61. The fraction of sp³-hybridized carbons (Fsp3) is 1.00. The highest BCUT2D eigenvalue weighted by Gasteiger charge is 2.41. The van der Waals surface area contributed by atoms with Crippen molar-refractivity contribution in [3.05, 3.63) is 0 Å². The molecular weight excluding hydrogens is 142 g/mol. The molecule has 0 saturated carbocycles. The zero-order chi connectivity index (χ0) is 8.32. The van der Waals surface area contributed by atoms with Crippen molar-refractivity contribution in [2.24, 2.45) is 5.41 Å². The Morgan fingerprint density at radius 2 is 1.64 bits per heavy atom. The van der Waals surface area contributed by atoms with Gasteiger partial charge in [0.05, 0.1) is 13.2 Å². The third-order valence-electron chi connectivity index (χ3n) is 2.11. The first-order valence-electron chi connectivity index (χ1n) is 3.89. The lowest BCUT2D eigenvalue weighted by molar-refractivity contribution is -0.0833. The molecule has 0 spiro atoms. The van der Waals surface area contributed by atoms with Crippen LogP contribution in [0.3, 0.4) is 0 Å². The fourth-order valence-corrected chi connectivity index (χ4v) is 1.94. The molecule has 1 rings (SSSR count). The molecule has 11 heavy (non-hydrogen) atoms. The SMILES string of the molecule is COCC1(COC)CN(C)C1. The molecule has 0 aromatic heterocycles. The maximum absolute atomic E-state index is 5.14. The summed E-state index contributed by atoms with van der Waals surface area (Å²) in [6.07, 6.45) is 0. The lowest BCUT2D eigenvalue weighted by Gasteiger charge is -2.47. The molecule has 66 valence electrons. The van der Waals surface area contributed by atoms with Crippen LogP contribution in [-0.2, 0) is 9.47 Å². The molecular formula is C8H17NO2. The lowest BCUT2D eigenvalue weighted by Crippen LogP contribution is -2.58. The molecule has 3 nitrogen and oxygen atoms in total. The predicted molar refractivity (Wildman–Crippen MR) is 43.7 cm³/mol. The Morgan fingerprint density at radius 1 is 1.18 bits per heavy atom. The first-order valence-corrected chi connectivity index (χ1v) is 3.89. The summed E-state index contributed by atoms with van der Waals surface area (Å²) in [5.74, 6) is 0. The molecule has 0 bridgehead atoms. The first kappa shape index (κ1) is 8.97. The van der Waals surface area contributed by atoms with Crippen LogP contribution in [0.1, 0.15) is 0 Å². The van der Waals surface area contributed by atoms with E-state index in [4.69, 9.17) is 9.47 Å². The van der Waals surface area contributed by atoms with E-state index < -0.39 is 0 Å². The van der Waals surface area contributed by atoms with Gasteiger partial charge in [-0.3, -0.25) is 0 Å². The maximum Gasteiger partial charge on any atom is 0.0565 e. The van der Waals surface area contributed by atoms with Gasteiger partial charge in [-0.25, -0.2) is 0 Å². The summed E-state index contributed by atoms with van der Waals surface area (Å²) in [5, 5.41) is 0. The van der Waals surface area contributed by atoms with Gasteiger partial charge >= 0.3 is 0 Å².